The smallest absolute Gasteiger partial charge is 0.155 e. The fourth-order valence-corrected chi connectivity index (χ4v) is 3.70. The molecule has 8 nitrogen and oxygen atoms in total. The summed E-state index contributed by atoms with van der Waals surface area (Å²) >= 11 is 0. The number of fused-ring (bicyclic) bond motifs is 2. The van der Waals surface area contributed by atoms with Crippen LogP contribution in [0.15, 0.2) is 64.6 Å². The molecule has 1 aliphatic heterocycles. The lowest BCUT2D eigenvalue weighted by atomic mass is 10.1. The van der Waals surface area contributed by atoms with E-state index in [1.807, 2.05) is 47.0 Å². The number of benzene rings is 1. The van der Waals surface area contributed by atoms with Crippen LogP contribution in [0.2, 0.25) is 0 Å². The highest BCUT2D eigenvalue weighted by atomic mass is 35.5. The van der Waals surface area contributed by atoms with E-state index in [1.165, 1.54) is 0 Å². The van der Waals surface area contributed by atoms with E-state index >= 15 is 0 Å². The van der Waals surface area contributed by atoms with Crippen LogP contribution in [0.3, 0.4) is 0 Å². The van der Waals surface area contributed by atoms with Crippen LogP contribution in [0.5, 0.6) is 5.75 Å². The minimum Gasteiger partial charge on any atom is -0.491 e. The average Bonchev–Trinajstić information content (AvgIpc) is 3.27. The van der Waals surface area contributed by atoms with Gasteiger partial charge in [0.2, 0.25) is 0 Å². The van der Waals surface area contributed by atoms with Crippen LogP contribution >= 0.6 is 12.4 Å². The number of hydrogen-bond donors (Lipinski definition) is 1. The van der Waals surface area contributed by atoms with Crippen LogP contribution in [-0.2, 0) is 4.74 Å². The predicted octanol–water partition coefficient (Wildman–Crippen LogP) is 3.17. The quantitative estimate of drug-likeness (QED) is 0.377. The molecule has 5 rings (SSSR count). The zero-order valence-corrected chi connectivity index (χ0v) is 17.6. The molecule has 0 aliphatic carbocycles. The third-order valence-electron chi connectivity index (χ3n) is 5.28. The van der Waals surface area contributed by atoms with Gasteiger partial charge in [-0.2, -0.15) is 0 Å². The molecule has 0 bridgehead atoms. The lowest BCUT2D eigenvalue weighted by Crippen LogP contribution is -2.38. The summed E-state index contributed by atoms with van der Waals surface area (Å²) in [5.74, 6) is 1.14. The lowest BCUT2D eigenvalue weighted by molar-refractivity contribution is 0.0323. The molecule has 1 saturated heterocycles. The molecule has 0 unspecified atom stereocenters. The van der Waals surface area contributed by atoms with Crippen molar-refractivity contribution in [1.29, 1.82) is 0 Å². The van der Waals surface area contributed by atoms with Gasteiger partial charge in [-0.25, -0.2) is 4.98 Å². The van der Waals surface area contributed by atoms with Crippen molar-refractivity contribution in [2.24, 2.45) is 5.16 Å². The van der Waals surface area contributed by atoms with E-state index in [2.05, 4.69) is 15.0 Å². The normalized spacial score (nSPS) is 15.3. The third kappa shape index (κ3) is 4.36. The second-order valence-electron chi connectivity index (χ2n) is 7.14. The number of aromatic nitrogens is 2. The largest absolute Gasteiger partial charge is 0.491 e. The molecule has 9 heteroatoms. The fraction of sp³-hybridized carbons (Fsp3) is 0.273. The number of halogens is 1. The van der Waals surface area contributed by atoms with Gasteiger partial charge in [-0.05, 0) is 30.3 Å². The molecule has 4 aromatic rings. The summed E-state index contributed by atoms with van der Waals surface area (Å²) in [4.78, 5) is 6.76. The molecule has 0 atom stereocenters. The molecule has 162 valence electrons. The van der Waals surface area contributed by atoms with Gasteiger partial charge in [0.05, 0.1) is 24.9 Å². The Morgan fingerprint density at radius 2 is 2.00 bits per heavy atom. The first kappa shape index (κ1) is 21.2. The molecule has 4 heterocycles. The molecule has 1 N–H and O–H groups in total. The number of rotatable bonds is 5. The summed E-state index contributed by atoms with van der Waals surface area (Å²) in [6.07, 6.45) is 3.66. The highest BCUT2D eigenvalue weighted by Gasteiger charge is 2.14. The Morgan fingerprint density at radius 3 is 2.84 bits per heavy atom. The zero-order valence-electron chi connectivity index (χ0n) is 16.8. The number of hydrogen-bond acceptors (Lipinski definition) is 7. The van der Waals surface area contributed by atoms with Crippen molar-refractivity contribution >= 4 is 28.9 Å². The van der Waals surface area contributed by atoms with Crippen LogP contribution in [0.25, 0.3) is 27.9 Å². The standard InChI is InChI=1S/C22H22N4O4.ClH/c27-24-18-14-21(17-13-16-3-2-6-26(16)15-23-17)30-20-5-1-4-19(22(18)20)29-12-9-25-7-10-28-11-8-25;/h1-6,13-15,27H,7-12H2;1H/b24-18-;. The van der Waals surface area contributed by atoms with Crippen LogP contribution < -0.4 is 10.1 Å². The maximum absolute atomic E-state index is 9.68. The van der Waals surface area contributed by atoms with Crippen molar-refractivity contribution in [3.63, 3.8) is 0 Å². The van der Waals surface area contributed by atoms with Crippen molar-refractivity contribution in [1.82, 2.24) is 14.3 Å². The van der Waals surface area contributed by atoms with Gasteiger partial charge in [0, 0.05) is 37.4 Å². The summed E-state index contributed by atoms with van der Waals surface area (Å²) < 4.78 is 19.4. The van der Waals surface area contributed by atoms with E-state index in [-0.39, 0.29) is 12.4 Å². The van der Waals surface area contributed by atoms with Gasteiger partial charge in [-0.3, -0.25) is 4.90 Å². The molecular formula is C22H23ClN4O4. The van der Waals surface area contributed by atoms with Crippen LogP contribution in [0.1, 0.15) is 0 Å². The van der Waals surface area contributed by atoms with Crippen LogP contribution in [0.4, 0.5) is 0 Å². The van der Waals surface area contributed by atoms with Gasteiger partial charge in [-0.15, -0.1) is 12.4 Å². The Bertz CT molecular complexity index is 1250. The maximum Gasteiger partial charge on any atom is 0.155 e. The Labute approximate surface area is 184 Å². The fourth-order valence-electron chi connectivity index (χ4n) is 3.70. The summed E-state index contributed by atoms with van der Waals surface area (Å²) in [7, 11) is 0. The monoisotopic (exact) mass is 442 g/mol. The lowest BCUT2D eigenvalue weighted by Gasteiger charge is -2.26. The Morgan fingerprint density at radius 1 is 1.13 bits per heavy atom. The van der Waals surface area contributed by atoms with Gasteiger partial charge < -0.3 is 23.5 Å². The van der Waals surface area contributed by atoms with Gasteiger partial charge in [0.25, 0.3) is 0 Å². The van der Waals surface area contributed by atoms with Crippen molar-refractivity contribution < 1.29 is 19.1 Å². The van der Waals surface area contributed by atoms with Gasteiger partial charge in [-0.1, -0.05) is 11.2 Å². The van der Waals surface area contributed by atoms with E-state index < -0.39 is 0 Å². The third-order valence-corrected chi connectivity index (χ3v) is 5.28. The minimum absolute atomic E-state index is 0. The summed E-state index contributed by atoms with van der Waals surface area (Å²) in [5.41, 5.74) is 2.23. The molecule has 1 fully saturated rings. The summed E-state index contributed by atoms with van der Waals surface area (Å²) in [6, 6.07) is 13.1. The van der Waals surface area contributed by atoms with Crippen molar-refractivity contribution in [3.8, 4) is 17.2 Å². The Balaban J connectivity index is 0.00000231. The van der Waals surface area contributed by atoms with Crippen molar-refractivity contribution in [2.45, 2.75) is 0 Å². The van der Waals surface area contributed by atoms with Gasteiger partial charge in [0.15, 0.2) is 5.76 Å². The highest BCUT2D eigenvalue weighted by Crippen LogP contribution is 2.27. The van der Waals surface area contributed by atoms with E-state index in [0.717, 1.165) is 38.4 Å². The average molecular weight is 443 g/mol. The molecular weight excluding hydrogens is 420 g/mol. The van der Waals surface area contributed by atoms with E-state index in [1.54, 1.807) is 12.4 Å². The minimum atomic E-state index is 0. The van der Waals surface area contributed by atoms with Crippen molar-refractivity contribution in [3.05, 3.63) is 60.3 Å². The van der Waals surface area contributed by atoms with Crippen LogP contribution in [0, 0.1) is 0 Å². The summed E-state index contributed by atoms with van der Waals surface area (Å²) in [6.45, 7) is 4.67. The highest BCUT2D eigenvalue weighted by molar-refractivity contribution is 5.85. The molecule has 1 aliphatic rings. The summed E-state index contributed by atoms with van der Waals surface area (Å²) in [5, 5.41) is 14.2. The SMILES string of the molecule is Cl.O/N=c1/cc(-c2cc3cccn3cn2)oc2cccc(OCCN3CCOCC3)c12. The number of ether oxygens (including phenoxy) is 2. The molecule has 31 heavy (non-hydrogen) atoms. The maximum atomic E-state index is 9.68. The first-order valence-electron chi connectivity index (χ1n) is 9.93. The Kier molecular flexibility index (Phi) is 6.41. The van der Waals surface area contributed by atoms with E-state index in [4.69, 9.17) is 13.9 Å². The van der Waals surface area contributed by atoms with Crippen molar-refractivity contribution in [2.75, 3.05) is 39.5 Å². The Hall–Kier alpha value is -3.07. The second-order valence-corrected chi connectivity index (χ2v) is 7.14. The molecule has 0 spiro atoms. The first-order chi connectivity index (χ1) is 14.8. The molecule has 3 aromatic heterocycles. The molecule has 0 amide bonds. The zero-order chi connectivity index (χ0) is 20.3. The van der Waals surface area contributed by atoms with Gasteiger partial charge in [0.1, 0.15) is 29.0 Å². The topological polar surface area (TPSA) is 84.7 Å². The first-order valence-corrected chi connectivity index (χ1v) is 9.93. The number of morpholine rings is 1. The number of nitrogens with zero attached hydrogens (tertiary/aromatic N) is 4. The van der Waals surface area contributed by atoms with Gasteiger partial charge >= 0.3 is 0 Å². The second kappa shape index (κ2) is 9.38. The molecule has 0 radical (unpaired) electrons. The molecule has 1 aromatic carbocycles. The predicted molar refractivity (Wildman–Crippen MR) is 118 cm³/mol. The molecule has 0 saturated carbocycles. The van der Waals surface area contributed by atoms with Crippen LogP contribution in [-0.4, -0.2) is 58.9 Å². The van der Waals surface area contributed by atoms with E-state index in [9.17, 15) is 5.21 Å². The van der Waals surface area contributed by atoms with E-state index in [0.29, 0.717) is 40.1 Å².